The average molecular weight is 522 g/mol. The van der Waals surface area contributed by atoms with E-state index in [1.54, 1.807) is 0 Å². The highest BCUT2D eigenvalue weighted by molar-refractivity contribution is 5.84. The number of hydrogen-bond donors (Lipinski definition) is 3. The number of nitrogens with one attached hydrogen (secondary N) is 3. The number of likely N-dealkylation sites (N-methyl/N-ethyl adjacent to an activating group) is 1. The molecule has 2 fully saturated rings. The van der Waals surface area contributed by atoms with Gasteiger partial charge in [0, 0.05) is 36.9 Å². The molecule has 2 rings (SSSR count). The van der Waals surface area contributed by atoms with Crippen LogP contribution in [0.3, 0.4) is 0 Å². The van der Waals surface area contributed by atoms with E-state index >= 15 is 0 Å². The third-order valence-electron chi connectivity index (χ3n) is 5.48. The van der Waals surface area contributed by atoms with Crippen molar-refractivity contribution >= 4 is 24.0 Å². The molecule has 2 aliphatic rings. The number of nitriles is 1. The lowest BCUT2D eigenvalue weighted by atomic mass is 9.95. The van der Waals surface area contributed by atoms with Crippen LogP contribution >= 0.6 is 0 Å². The summed E-state index contributed by atoms with van der Waals surface area (Å²) in [5, 5.41) is 14.9. The number of allylic oxidation sites excluding steroid dienone is 1. The van der Waals surface area contributed by atoms with Crippen molar-refractivity contribution in [3.05, 3.63) is 12.2 Å². The van der Waals surface area contributed by atoms with Crippen molar-refractivity contribution in [2.24, 2.45) is 11.3 Å². The van der Waals surface area contributed by atoms with Gasteiger partial charge in [0.25, 0.3) is 0 Å². The van der Waals surface area contributed by atoms with Crippen LogP contribution in [0.1, 0.15) is 87.0 Å². The number of aldehydes is 1. The molecule has 0 aliphatic carbocycles. The number of hydrogen-bond acceptors (Lipinski definition) is 6. The molecule has 0 bridgehead atoms. The average Bonchev–Trinajstić information content (AvgIpc) is 3.44. The normalized spacial score (nSPS) is 19.8. The molecule has 2 aliphatic heterocycles. The van der Waals surface area contributed by atoms with Gasteiger partial charge in [0.05, 0.1) is 12.1 Å². The molecule has 0 spiro atoms. The Morgan fingerprint density at radius 3 is 2.22 bits per heavy atom. The molecule has 1 unspecified atom stereocenters. The summed E-state index contributed by atoms with van der Waals surface area (Å²) in [5.41, 5.74) is -0.493. The predicted octanol–water partition coefficient (Wildman–Crippen LogP) is 3.35. The highest BCUT2D eigenvalue weighted by Crippen LogP contribution is 2.15. The first kappa shape index (κ1) is 36.4. The van der Waals surface area contributed by atoms with Crippen LogP contribution < -0.4 is 16.0 Å². The predicted molar refractivity (Wildman–Crippen MR) is 149 cm³/mol. The molecule has 3 N–H and O–H groups in total. The summed E-state index contributed by atoms with van der Waals surface area (Å²) < 4.78 is 0. The van der Waals surface area contributed by atoms with Crippen LogP contribution in [0.4, 0.5) is 0 Å². The molecule has 9 heteroatoms. The fraction of sp³-hybridized carbons (Fsp3) is 0.750. The van der Waals surface area contributed by atoms with Gasteiger partial charge in [-0.3, -0.25) is 19.3 Å². The maximum atomic E-state index is 11.8. The molecule has 2 saturated heterocycles. The molecule has 2 heterocycles. The molecular formula is C28H51N5O4. The van der Waals surface area contributed by atoms with Crippen molar-refractivity contribution in [1.82, 2.24) is 20.9 Å². The Labute approximate surface area is 224 Å². The van der Waals surface area contributed by atoms with Crippen molar-refractivity contribution in [3.63, 3.8) is 0 Å². The van der Waals surface area contributed by atoms with Gasteiger partial charge >= 0.3 is 0 Å². The molecule has 37 heavy (non-hydrogen) atoms. The van der Waals surface area contributed by atoms with Gasteiger partial charge in [-0.2, -0.15) is 0 Å². The molecule has 0 radical (unpaired) electrons. The van der Waals surface area contributed by atoms with E-state index < -0.39 is 11.5 Å². The maximum absolute atomic E-state index is 11.8. The third-order valence-corrected chi connectivity index (χ3v) is 5.48. The van der Waals surface area contributed by atoms with Crippen LogP contribution in [-0.4, -0.2) is 67.2 Å². The van der Waals surface area contributed by atoms with Crippen LogP contribution in [0.25, 0.3) is 0 Å². The van der Waals surface area contributed by atoms with Gasteiger partial charge in [-0.05, 0) is 53.1 Å². The quantitative estimate of drug-likeness (QED) is 0.332. The minimum atomic E-state index is -0.493. The first-order valence-electron chi connectivity index (χ1n) is 13.3. The number of amides is 3. The lowest BCUT2D eigenvalue weighted by molar-refractivity contribution is -0.130. The fourth-order valence-corrected chi connectivity index (χ4v) is 3.51. The van der Waals surface area contributed by atoms with Gasteiger partial charge in [0.2, 0.25) is 17.7 Å². The van der Waals surface area contributed by atoms with Crippen LogP contribution in [0.2, 0.25) is 0 Å². The van der Waals surface area contributed by atoms with Crippen LogP contribution in [-0.2, 0) is 19.2 Å². The van der Waals surface area contributed by atoms with Gasteiger partial charge in [-0.15, -0.1) is 0 Å². The lowest BCUT2D eigenvalue weighted by Gasteiger charge is -2.20. The molecule has 0 aromatic heterocycles. The van der Waals surface area contributed by atoms with E-state index in [0.29, 0.717) is 25.8 Å². The zero-order valence-corrected chi connectivity index (χ0v) is 24.3. The molecule has 212 valence electrons. The Morgan fingerprint density at radius 1 is 1.22 bits per heavy atom. The van der Waals surface area contributed by atoms with Gasteiger partial charge in [-0.25, -0.2) is 5.26 Å². The second-order valence-corrected chi connectivity index (χ2v) is 10.7. The highest BCUT2D eigenvalue weighted by Gasteiger charge is 2.27. The first-order chi connectivity index (χ1) is 17.3. The van der Waals surface area contributed by atoms with E-state index in [1.807, 2.05) is 53.8 Å². The van der Waals surface area contributed by atoms with E-state index in [-0.39, 0.29) is 35.7 Å². The van der Waals surface area contributed by atoms with Crippen LogP contribution in [0.5, 0.6) is 0 Å². The van der Waals surface area contributed by atoms with Crippen LogP contribution in [0.15, 0.2) is 12.2 Å². The molecule has 0 saturated carbocycles. The second kappa shape index (κ2) is 20.3. The van der Waals surface area contributed by atoms with Gasteiger partial charge in [0.15, 0.2) is 0 Å². The number of rotatable bonds is 8. The minimum absolute atomic E-state index is 0.0860. The summed E-state index contributed by atoms with van der Waals surface area (Å²) in [4.78, 5) is 47.4. The molecule has 0 aromatic carbocycles. The number of likely N-dealkylation sites (tertiary alicyclic amines) is 1. The van der Waals surface area contributed by atoms with E-state index in [1.165, 1.54) is 6.42 Å². The van der Waals surface area contributed by atoms with Gasteiger partial charge in [0.1, 0.15) is 6.29 Å². The standard InChI is InChI=1S/C15H24N2O3.C9H18N2O.C3H8.CHN/c1-15(2,3)14(20)17-12(10-18)7-5-4-6-11-8-13(19)16-9-11;1-7(2)10-9(12)8-5-4-6-11(8)3;1-3-2;1-2/h4,6,10-12H,5,7-9H2,1-3H3,(H,16,19)(H,17,20);7-8H,4-6H2,1-3H3,(H,10,12);3H2,1-2H3;1H/b6-4+;;;/t11-,12+;;;/m1.../s1. The molecule has 9 nitrogen and oxygen atoms in total. The van der Waals surface area contributed by atoms with E-state index in [9.17, 15) is 19.2 Å². The van der Waals surface area contributed by atoms with Crippen molar-refractivity contribution in [3.8, 4) is 6.57 Å². The summed E-state index contributed by atoms with van der Waals surface area (Å²) >= 11 is 0. The molecule has 3 atom stereocenters. The largest absolute Gasteiger partial charge is 0.355 e. The number of carbonyl (C=O) groups excluding carboxylic acids is 4. The van der Waals surface area contributed by atoms with Gasteiger partial charge < -0.3 is 20.7 Å². The molecule has 3 amide bonds. The van der Waals surface area contributed by atoms with Crippen molar-refractivity contribution in [1.29, 1.82) is 5.26 Å². The van der Waals surface area contributed by atoms with Crippen molar-refractivity contribution in [2.75, 3.05) is 20.1 Å². The van der Waals surface area contributed by atoms with Crippen molar-refractivity contribution in [2.45, 2.75) is 105 Å². The maximum Gasteiger partial charge on any atom is 0.237 e. The molecule has 0 aromatic rings. The minimum Gasteiger partial charge on any atom is -0.355 e. The SMILES string of the molecule is C#N.CC(C)(C)C(=O)N[C@H](C=O)CC/C=C/[C@H]1CNC(=O)C1.CC(C)NC(=O)C1CCCN1C.CCC. The summed E-state index contributed by atoms with van der Waals surface area (Å²) in [6, 6.07) is -0.0754. The Bertz CT molecular complexity index is 728. The summed E-state index contributed by atoms with van der Waals surface area (Å²) in [6.45, 7) is 18.9. The second-order valence-electron chi connectivity index (χ2n) is 10.7. The molecular weight excluding hydrogens is 470 g/mol. The number of carbonyl (C=O) groups is 4. The Morgan fingerprint density at radius 2 is 1.81 bits per heavy atom. The Balaban J connectivity index is 0. The summed E-state index contributed by atoms with van der Waals surface area (Å²) in [5.74, 6) is 0.401. The Hall–Kier alpha value is -2.73. The summed E-state index contributed by atoms with van der Waals surface area (Å²) in [6.07, 6.45) is 9.98. The Kier molecular flexibility index (Phi) is 20.0. The number of nitrogens with zero attached hydrogens (tertiary/aromatic N) is 2. The topological polar surface area (TPSA) is 131 Å². The van der Waals surface area contributed by atoms with Crippen LogP contribution in [0, 0.1) is 23.2 Å². The van der Waals surface area contributed by atoms with Gasteiger partial charge in [-0.1, -0.05) is 53.2 Å². The first-order valence-corrected chi connectivity index (χ1v) is 13.3. The van der Waals surface area contributed by atoms with Crippen molar-refractivity contribution < 1.29 is 19.2 Å². The smallest absolute Gasteiger partial charge is 0.237 e. The zero-order valence-electron chi connectivity index (χ0n) is 24.3. The third kappa shape index (κ3) is 17.4. The monoisotopic (exact) mass is 521 g/mol. The lowest BCUT2D eigenvalue weighted by Crippen LogP contribution is -2.43. The van der Waals surface area contributed by atoms with E-state index in [4.69, 9.17) is 5.26 Å². The summed E-state index contributed by atoms with van der Waals surface area (Å²) in [7, 11) is 2.01. The van der Waals surface area contributed by atoms with E-state index in [2.05, 4.69) is 41.3 Å². The van der Waals surface area contributed by atoms with E-state index in [0.717, 1.165) is 25.7 Å². The fourth-order valence-electron chi connectivity index (χ4n) is 3.51. The zero-order chi connectivity index (χ0) is 29.0. The highest BCUT2D eigenvalue weighted by atomic mass is 16.2.